The molecule has 0 radical (unpaired) electrons. The van der Waals surface area contributed by atoms with Gasteiger partial charge in [-0.2, -0.15) is 0 Å². The van der Waals surface area contributed by atoms with Gasteiger partial charge in [0.2, 0.25) is 0 Å². The summed E-state index contributed by atoms with van der Waals surface area (Å²) >= 11 is 0. The van der Waals surface area contributed by atoms with Crippen molar-refractivity contribution >= 4 is 23.0 Å². The Morgan fingerprint density at radius 2 is 2.07 bits per heavy atom. The van der Waals surface area contributed by atoms with E-state index in [9.17, 15) is 14.7 Å². The number of halogens is 1. The number of nitrogens with zero attached hydrogens (tertiary/aromatic N) is 2. The van der Waals surface area contributed by atoms with Crippen molar-refractivity contribution in [1.29, 1.82) is 0 Å². The Hall–Kier alpha value is -2.61. The second-order valence-electron chi connectivity index (χ2n) is 8.62. The van der Waals surface area contributed by atoms with Crippen molar-refractivity contribution in [2.24, 2.45) is 5.92 Å². The number of nitrogens with two attached hydrogens (primary N) is 1. The van der Waals surface area contributed by atoms with E-state index >= 15 is 4.39 Å². The number of carbonyl (C=O) groups is 1. The summed E-state index contributed by atoms with van der Waals surface area (Å²) in [4.78, 5) is 26.5. The quantitative estimate of drug-likeness (QED) is 0.730. The zero-order chi connectivity index (χ0) is 20.4. The molecule has 0 bridgehead atoms. The third kappa shape index (κ3) is 2.73. The Kier molecular flexibility index (Phi) is 4.10. The fourth-order valence-electron chi connectivity index (χ4n) is 5.21. The summed E-state index contributed by atoms with van der Waals surface area (Å²) in [5.41, 5.74) is 7.43. The number of pyridine rings is 2. The average molecular weight is 400 g/mol. The molecule has 0 amide bonds. The smallest absolute Gasteiger partial charge is 0.341 e. The molecule has 154 valence electrons. The molecule has 1 aliphatic carbocycles. The molecular weight excluding hydrogens is 375 g/mol. The molecule has 8 heteroatoms. The van der Waals surface area contributed by atoms with E-state index in [-0.39, 0.29) is 17.3 Å². The lowest BCUT2D eigenvalue weighted by Gasteiger charge is -2.25. The zero-order valence-electron chi connectivity index (χ0n) is 16.4. The van der Waals surface area contributed by atoms with Crippen molar-refractivity contribution in [3.8, 4) is 0 Å². The van der Waals surface area contributed by atoms with Crippen LogP contribution >= 0.6 is 0 Å². The molecule has 1 saturated carbocycles. The second-order valence-corrected chi connectivity index (χ2v) is 8.62. The SMILES string of the molecule is Cc1c(N2CC3CCCNC3C2)c(F)c(N)n2c(=O)c(C(=O)O)cc(C3CC3)c12. The summed E-state index contributed by atoms with van der Waals surface area (Å²) in [6.45, 7) is 4.25. The predicted molar refractivity (Wildman–Crippen MR) is 108 cm³/mol. The number of hydrogen-bond donors (Lipinski definition) is 3. The number of nitrogens with one attached hydrogen (secondary N) is 1. The van der Waals surface area contributed by atoms with Gasteiger partial charge in [-0.15, -0.1) is 0 Å². The van der Waals surface area contributed by atoms with Crippen molar-refractivity contribution in [3.63, 3.8) is 0 Å². The van der Waals surface area contributed by atoms with E-state index in [0.29, 0.717) is 35.3 Å². The third-order valence-corrected chi connectivity index (χ3v) is 6.78. The number of fused-ring (bicyclic) bond motifs is 2. The number of hydrogen-bond acceptors (Lipinski definition) is 5. The van der Waals surface area contributed by atoms with Gasteiger partial charge in [0.25, 0.3) is 5.56 Å². The van der Waals surface area contributed by atoms with Crippen LogP contribution in [-0.2, 0) is 0 Å². The van der Waals surface area contributed by atoms with Gasteiger partial charge in [0.05, 0.1) is 11.2 Å². The molecule has 2 aliphatic heterocycles. The lowest BCUT2D eigenvalue weighted by molar-refractivity contribution is 0.0694. The number of carboxylic acid groups (broad SMARTS) is 1. The summed E-state index contributed by atoms with van der Waals surface area (Å²) in [5.74, 6) is -1.61. The average Bonchev–Trinajstić information content (AvgIpc) is 3.44. The number of rotatable bonds is 3. The van der Waals surface area contributed by atoms with Crippen LogP contribution < -0.4 is 21.5 Å². The van der Waals surface area contributed by atoms with Crippen molar-refractivity contribution in [3.05, 3.63) is 38.9 Å². The van der Waals surface area contributed by atoms with E-state index in [4.69, 9.17) is 5.73 Å². The van der Waals surface area contributed by atoms with Crippen molar-refractivity contribution in [2.75, 3.05) is 30.3 Å². The molecule has 2 aromatic heterocycles. The molecule has 5 rings (SSSR count). The van der Waals surface area contributed by atoms with Crippen LogP contribution in [0.3, 0.4) is 0 Å². The number of aromatic nitrogens is 1. The summed E-state index contributed by atoms with van der Waals surface area (Å²) in [5, 5.41) is 13.0. The normalized spacial score (nSPS) is 24.1. The van der Waals surface area contributed by atoms with Gasteiger partial charge in [0.1, 0.15) is 11.4 Å². The van der Waals surface area contributed by atoms with Gasteiger partial charge in [-0.1, -0.05) is 0 Å². The number of aryl methyl sites for hydroxylation is 1. The first-order chi connectivity index (χ1) is 13.9. The van der Waals surface area contributed by atoms with Crippen molar-refractivity contribution in [2.45, 2.75) is 44.6 Å². The molecule has 2 atom stereocenters. The largest absolute Gasteiger partial charge is 0.477 e. The number of anilines is 2. The Labute approximate surface area is 167 Å². The Bertz CT molecular complexity index is 1080. The molecule has 7 nitrogen and oxygen atoms in total. The fourth-order valence-corrected chi connectivity index (χ4v) is 5.21. The number of nitrogen functional groups attached to an aromatic ring is 1. The maximum atomic E-state index is 15.5. The minimum atomic E-state index is -1.32. The molecule has 0 aromatic carbocycles. The lowest BCUT2D eigenvalue weighted by atomic mass is 9.94. The van der Waals surface area contributed by atoms with Gasteiger partial charge in [-0.25, -0.2) is 9.18 Å². The van der Waals surface area contributed by atoms with Crippen LogP contribution in [0.2, 0.25) is 0 Å². The number of aromatic carboxylic acids is 1. The molecule has 3 aliphatic rings. The third-order valence-electron chi connectivity index (χ3n) is 6.78. The van der Waals surface area contributed by atoms with Crippen LogP contribution in [0.15, 0.2) is 10.9 Å². The van der Waals surface area contributed by atoms with Gasteiger partial charge in [-0.05, 0) is 62.6 Å². The van der Waals surface area contributed by atoms with Crippen LogP contribution in [0.1, 0.15) is 53.1 Å². The highest BCUT2D eigenvalue weighted by molar-refractivity contribution is 5.89. The van der Waals surface area contributed by atoms with E-state index < -0.39 is 17.3 Å². The van der Waals surface area contributed by atoms with Gasteiger partial charge in [0, 0.05) is 24.7 Å². The van der Waals surface area contributed by atoms with Crippen molar-refractivity contribution < 1.29 is 14.3 Å². The molecule has 2 saturated heterocycles. The number of carboxylic acids is 1. The Morgan fingerprint density at radius 1 is 1.31 bits per heavy atom. The molecule has 4 heterocycles. The Balaban J connectivity index is 1.75. The van der Waals surface area contributed by atoms with E-state index in [2.05, 4.69) is 5.32 Å². The summed E-state index contributed by atoms with van der Waals surface area (Å²) in [7, 11) is 0. The zero-order valence-corrected chi connectivity index (χ0v) is 16.4. The first kappa shape index (κ1) is 18.4. The van der Waals surface area contributed by atoms with Crippen LogP contribution in [0.5, 0.6) is 0 Å². The lowest BCUT2D eigenvalue weighted by Crippen LogP contribution is -2.40. The topological polar surface area (TPSA) is 100 Å². The Morgan fingerprint density at radius 3 is 2.72 bits per heavy atom. The van der Waals surface area contributed by atoms with Gasteiger partial charge < -0.3 is 21.1 Å². The van der Waals surface area contributed by atoms with Gasteiger partial charge >= 0.3 is 5.97 Å². The highest BCUT2D eigenvalue weighted by Gasteiger charge is 2.38. The minimum Gasteiger partial charge on any atom is -0.477 e. The van der Waals surface area contributed by atoms with Gasteiger partial charge in [0.15, 0.2) is 5.82 Å². The molecule has 29 heavy (non-hydrogen) atoms. The second kappa shape index (κ2) is 6.45. The summed E-state index contributed by atoms with van der Waals surface area (Å²) < 4.78 is 16.6. The molecule has 0 spiro atoms. The van der Waals surface area contributed by atoms with E-state index in [1.807, 2.05) is 11.8 Å². The van der Waals surface area contributed by atoms with Crippen LogP contribution in [-0.4, -0.2) is 41.2 Å². The molecule has 4 N–H and O–H groups in total. The highest BCUT2D eigenvalue weighted by atomic mass is 19.1. The number of piperidine rings is 1. The fraction of sp³-hybridized carbons (Fsp3) is 0.524. The van der Waals surface area contributed by atoms with Crippen molar-refractivity contribution in [1.82, 2.24) is 9.72 Å². The summed E-state index contributed by atoms with van der Waals surface area (Å²) in [6, 6.07) is 1.80. The summed E-state index contributed by atoms with van der Waals surface area (Å²) in [6.07, 6.45) is 4.09. The molecule has 2 unspecified atom stereocenters. The highest BCUT2D eigenvalue weighted by Crippen LogP contribution is 2.45. The first-order valence-electron chi connectivity index (χ1n) is 10.3. The molecular formula is C21H25FN4O3. The maximum Gasteiger partial charge on any atom is 0.341 e. The van der Waals surface area contributed by atoms with E-state index in [1.54, 1.807) is 0 Å². The molecule has 3 fully saturated rings. The molecule has 2 aromatic rings. The van der Waals surface area contributed by atoms with E-state index in [0.717, 1.165) is 48.7 Å². The standard InChI is InChI=1S/C21H25FN4O3/c1-10-17-13(11-4-5-11)7-14(21(28)29)20(27)26(17)19(23)16(22)18(10)25-8-12-3-2-6-24-15(12)9-25/h7,11-12,15,24H,2-6,8-9,23H2,1H3,(H,28,29). The first-order valence-corrected chi connectivity index (χ1v) is 10.3. The minimum absolute atomic E-state index is 0.183. The van der Waals surface area contributed by atoms with Gasteiger partial charge in [-0.3, -0.25) is 9.20 Å². The van der Waals surface area contributed by atoms with Crippen LogP contribution in [0, 0.1) is 18.7 Å². The maximum absolute atomic E-state index is 15.5. The monoisotopic (exact) mass is 400 g/mol. The van der Waals surface area contributed by atoms with E-state index in [1.165, 1.54) is 6.07 Å². The van der Waals surface area contributed by atoms with Crippen LogP contribution in [0.4, 0.5) is 15.9 Å². The van der Waals surface area contributed by atoms with Crippen LogP contribution in [0.25, 0.3) is 5.52 Å². The predicted octanol–water partition coefficient (Wildman–Crippen LogP) is 2.09.